The van der Waals surface area contributed by atoms with Gasteiger partial charge in [0, 0.05) is 42.2 Å². The van der Waals surface area contributed by atoms with Crippen molar-refractivity contribution >= 4 is 40.5 Å². The van der Waals surface area contributed by atoms with Gasteiger partial charge >= 0.3 is 12.3 Å². The summed E-state index contributed by atoms with van der Waals surface area (Å²) in [4.78, 5) is 61.1. The second-order valence-corrected chi connectivity index (χ2v) is 17.8. The minimum Gasteiger partial charge on any atom is -0.444 e. The number of aromatic nitrogens is 2. The Morgan fingerprint density at radius 2 is 1.57 bits per heavy atom. The summed E-state index contributed by atoms with van der Waals surface area (Å²) in [6, 6.07) is 17.3. The van der Waals surface area contributed by atoms with Crippen molar-refractivity contribution in [3.63, 3.8) is 0 Å². The molecule has 4 aromatic rings. The van der Waals surface area contributed by atoms with Crippen molar-refractivity contribution in [1.82, 2.24) is 30.8 Å². The Morgan fingerprint density at radius 1 is 0.885 bits per heavy atom. The second-order valence-electron chi connectivity index (χ2n) is 17.8. The number of alkyl halides is 3. The number of aromatic amines is 1. The fraction of sp³-hybridized carbons (Fsp3) is 0.500. The first-order valence-electron chi connectivity index (χ1n) is 21.1. The first kappa shape index (κ1) is 45.1. The maximum atomic E-state index is 13.9. The van der Waals surface area contributed by atoms with Gasteiger partial charge in [0.15, 0.2) is 0 Å². The van der Waals surface area contributed by atoms with Crippen LogP contribution in [0.5, 0.6) is 0 Å². The van der Waals surface area contributed by atoms with E-state index in [0.717, 1.165) is 47.9 Å². The van der Waals surface area contributed by atoms with Crippen molar-refractivity contribution in [3.05, 3.63) is 83.2 Å². The SMILES string of the molecule is Cc1cc(C(=O)NC2CCC(N(C)C)CC2)ccc1-c1ccc(C[C@H](NC(=O)C2CCC(CNC(=O)OC(C)(C)C)CC2)C(=O)Nc2ccc3nc(C(F)(F)F)[nH]c3c2)cc1. The van der Waals surface area contributed by atoms with E-state index in [4.69, 9.17) is 4.74 Å². The quantitative estimate of drug-likeness (QED) is 0.0964. The Kier molecular flexibility index (Phi) is 14.1. The number of H-pyrrole nitrogens is 1. The van der Waals surface area contributed by atoms with E-state index in [2.05, 4.69) is 50.2 Å². The van der Waals surface area contributed by atoms with Gasteiger partial charge in [-0.25, -0.2) is 9.78 Å². The monoisotopic (exact) mass is 845 g/mol. The summed E-state index contributed by atoms with van der Waals surface area (Å²) in [5.74, 6) is -2.18. The zero-order chi connectivity index (χ0) is 44.1. The highest BCUT2D eigenvalue weighted by Gasteiger charge is 2.35. The van der Waals surface area contributed by atoms with E-state index in [-0.39, 0.29) is 52.8 Å². The van der Waals surface area contributed by atoms with Crippen LogP contribution in [0.25, 0.3) is 22.2 Å². The predicted octanol–water partition coefficient (Wildman–Crippen LogP) is 8.16. The molecule has 0 aliphatic heterocycles. The van der Waals surface area contributed by atoms with Crippen LogP contribution in [-0.2, 0) is 26.9 Å². The molecule has 1 aromatic heterocycles. The molecule has 2 aliphatic carbocycles. The molecule has 2 aliphatic rings. The van der Waals surface area contributed by atoms with E-state index < -0.39 is 35.6 Å². The number of aryl methyl sites for hydroxylation is 1. The largest absolute Gasteiger partial charge is 0.449 e. The standard InChI is InChI=1S/C46H58F3N7O5/c1-27-23-32(41(58)51-33-16-19-35(20-17-33)56(5)6)15-21-36(27)30-11-7-28(8-12-30)24-39(42(59)52-34-18-22-37-38(25-34)55-43(54-37)46(47,48)49)53-40(57)31-13-9-29(10-14-31)26-50-44(60)61-45(2,3)4/h7-8,11-12,15,18,21-23,25,29,31,33,35,39H,9-10,13-14,16-17,19-20,24,26H2,1-6H3,(H,50,60)(H,51,58)(H,52,59)(H,53,57)(H,54,55)/t29?,31?,33?,35?,39-/m0/s1. The molecule has 0 radical (unpaired) electrons. The molecule has 0 saturated heterocycles. The number of carbonyl (C=O) groups excluding carboxylic acids is 4. The van der Waals surface area contributed by atoms with Gasteiger partial charge in [-0.1, -0.05) is 30.3 Å². The van der Waals surface area contributed by atoms with Crippen LogP contribution in [0, 0.1) is 18.8 Å². The molecule has 4 amide bonds. The molecule has 0 spiro atoms. The smallest absolute Gasteiger partial charge is 0.444 e. The zero-order valence-electron chi connectivity index (χ0n) is 35.8. The molecule has 1 atom stereocenters. The molecule has 61 heavy (non-hydrogen) atoms. The molecule has 6 rings (SSSR count). The predicted molar refractivity (Wildman–Crippen MR) is 229 cm³/mol. The molecule has 2 saturated carbocycles. The number of hydrogen-bond acceptors (Lipinski definition) is 7. The second kappa shape index (κ2) is 19.1. The number of hydrogen-bond donors (Lipinski definition) is 5. The van der Waals surface area contributed by atoms with Crippen LogP contribution in [0.1, 0.15) is 99.4 Å². The van der Waals surface area contributed by atoms with Gasteiger partial charge in [-0.3, -0.25) is 14.4 Å². The highest BCUT2D eigenvalue weighted by Crippen LogP contribution is 2.31. The van der Waals surface area contributed by atoms with Crippen molar-refractivity contribution in [1.29, 1.82) is 0 Å². The van der Waals surface area contributed by atoms with Crippen molar-refractivity contribution in [3.8, 4) is 11.1 Å². The van der Waals surface area contributed by atoms with Crippen LogP contribution in [0.15, 0.2) is 60.7 Å². The highest BCUT2D eigenvalue weighted by molar-refractivity contribution is 5.99. The van der Waals surface area contributed by atoms with Crippen LogP contribution in [0.3, 0.4) is 0 Å². The summed E-state index contributed by atoms with van der Waals surface area (Å²) in [6.45, 7) is 7.80. The van der Waals surface area contributed by atoms with Crippen LogP contribution < -0.4 is 21.3 Å². The molecule has 12 nitrogen and oxygen atoms in total. The number of amides is 4. The van der Waals surface area contributed by atoms with Crippen LogP contribution in [0.4, 0.5) is 23.7 Å². The van der Waals surface area contributed by atoms with Gasteiger partial charge in [0.25, 0.3) is 5.91 Å². The lowest BCUT2D eigenvalue weighted by molar-refractivity contribution is -0.144. The maximum Gasteiger partial charge on any atom is 0.449 e. The first-order valence-corrected chi connectivity index (χ1v) is 21.1. The number of fused-ring (bicyclic) bond motifs is 1. The van der Waals surface area contributed by atoms with E-state index >= 15 is 0 Å². The Hall–Kier alpha value is -5.44. The number of benzene rings is 3. The van der Waals surface area contributed by atoms with Crippen molar-refractivity contribution in [2.75, 3.05) is 26.0 Å². The maximum absolute atomic E-state index is 13.9. The highest BCUT2D eigenvalue weighted by atomic mass is 19.4. The number of anilines is 1. The third kappa shape index (κ3) is 12.3. The lowest BCUT2D eigenvalue weighted by Crippen LogP contribution is -2.48. The third-order valence-electron chi connectivity index (χ3n) is 11.8. The Bertz CT molecular complexity index is 2180. The Labute approximate surface area is 355 Å². The molecule has 15 heteroatoms. The number of alkyl carbamates (subject to hydrolysis) is 1. The Morgan fingerprint density at radius 3 is 2.20 bits per heavy atom. The van der Waals surface area contributed by atoms with Crippen molar-refractivity contribution in [2.24, 2.45) is 11.8 Å². The van der Waals surface area contributed by atoms with E-state index in [9.17, 15) is 32.3 Å². The zero-order valence-corrected chi connectivity index (χ0v) is 35.8. The molecular formula is C46H58F3N7O5. The Balaban J connectivity index is 1.12. The van der Waals surface area contributed by atoms with Crippen molar-refractivity contribution < 1.29 is 37.1 Å². The van der Waals surface area contributed by atoms with Crippen LogP contribution >= 0.6 is 0 Å². The molecule has 5 N–H and O–H groups in total. The van der Waals surface area contributed by atoms with Gasteiger partial charge in [0.2, 0.25) is 17.6 Å². The number of carbonyl (C=O) groups is 4. The number of ether oxygens (including phenoxy) is 1. The molecule has 0 bridgehead atoms. The number of nitrogens with zero attached hydrogens (tertiary/aromatic N) is 2. The third-order valence-corrected chi connectivity index (χ3v) is 11.8. The molecule has 328 valence electrons. The lowest BCUT2D eigenvalue weighted by Gasteiger charge is -2.33. The summed E-state index contributed by atoms with van der Waals surface area (Å²) in [6.07, 6.45) is 1.58. The summed E-state index contributed by atoms with van der Waals surface area (Å²) in [5.41, 5.74) is 4.03. The topological polar surface area (TPSA) is 158 Å². The van der Waals surface area contributed by atoms with E-state index in [1.54, 1.807) is 20.8 Å². The fourth-order valence-electron chi connectivity index (χ4n) is 8.31. The molecule has 3 aromatic carbocycles. The summed E-state index contributed by atoms with van der Waals surface area (Å²) in [7, 11) is 4.19. The van der Waals surface area contributed by atoms with E-state index in [1.807, 2.05) is 49.4 Å². The van der Waals surface area contributed by atoms with E-state index in [1.165, 1.54) is 18.2 Å². The van der Waals surface area contributed by atoms with Crippen LogP contribution in [0.2, 0.25) is 0 Å². The number of imidazole rings is 1. The summed E-state index contributed by atoms with van der Waals surface area (Å²) in [5, 5.41) is 11.8. The minimum atomic E-state index is -4.66. The molecule has 2 fully saturated rings. The van der Waals surface area contributed by atoms with E-state index in [0.29, 0.717) is 43.8 Å². The normalized spacial score (nSPS) is 20.2. The molecular weight excluding hydrogens is 788 g/mol. The average molecular weight is 846 g/mol. The van der Waals surface area contributed by atoms with Crippen LogP contribution in [-0.4, -0.2) is 83.0 Å². The van der Waals surface area contributed by atoms with Gasteiger partial charge in [0.1, 0.15) is 11.6 Å². The first-order chi connectivity index (χ1) is 28.8. The molecule has 1 heterocycles. The van der Waals surface area contributed by atoms with Gasteiger partial charge in [0.05, 0.1) is 11.0 Å². The van der Waals surface area contributed by atoms with Gasteiger partial charge in [-0.05, 0) is 152 Å². The minimum absolute atomic E-state index is 0.0801. The average Bonchev–Trinajstić information content (AvgIpc) is 3.65. The number of halogens is 3. The lowest BCUT2D eigenvalue weighted by atomic mass is 9.81. The van der Waals surface area contributed by atoms with Gasteiger partial charge < -0.3 is 35.9 Å². The van der Waals surface area contributed by atoms with Crippen molar-refractivity contribution in [2.45, 2.75) is 115 Å². The van der Waals surface area contributed by atoms with Gasteiger partial charge in [-0.15, -0.1) is 0 Å². The fourth-order valence-corrected chi connectivity index (χ4v) is 8.31. The summed E-state index contributed by atoms with van der Waals surface area (Å²) >= 11 is 0. The summed E-state index contributed by atoms with van der Waals surface area (Å²) < 4.78 is 45.3. The number of nitrogens with one attached hydrogen (secondary N) is 5. The van der Waals surface area contributed by atoms with Gasteiger partial charge in [-0.2, -0.15) is 13.2 Å². The molecule has 0 unspecified atom stereocenters. The number of rotatable bonds is 12.